The van der Waals surface area contributed by atoms with E-state index < -0.39 is 0 Å². The molecule has 2 aliphatic heterocycles. The molecule has 3 rings (SSSR count). The second-order valence-corrected chi connectivity index (χ2v) is 6.31. The number of thioether (sulfide) groups is 1. The van der Waals surface area contributed by atoms with Gasteiger partial charge in [-0.2, -0.15) is 11.8 Å². The molecule has 1 aliphatic carbocycles. The van der Waals surface area contributed by atoms with Crippen molar-refractivity contribution in [3.8, 4) is 0 Å². The van der Waals surface area contributed by atoms with E-state index in [9.17, 15) is 4.79 Å². The zero-order valence-electron chi connectivity index (χ0n) is 9.04. The molecular formula is C12H18O2S. The highest BCUT2D eigenvalue weighted by Crippen LogP contribution is 2.43. The molecule has 2 unspecified atom stereocenters. The Bertz CT molecular complexity index is 267. The van der Waals surface area contributed by atoms with E-state index in [2.05, 4.69) is 0 Å². The van der Waals surface area contributed by atoms with E-state index in [1.165, 1.54) is 5.75 Å². The highest BCUT2D eigenvalue weighted by molar-refractivity contribution is 7.99. The number of hydrogen-bond donors (Lipinski definition) is 0. The SMILES string of the molecule is O=C(C1CC1)C1CCOC2(CCSC2)C1. The van der Waals surface area contributed by atoms with Crippen molar-refractivity contribution >= 4 is 17.5 Å². The van der Waals surface area contributed by atoms with Gasteiger partial charge in [-0.25, -0.2) is 0 Å². The molecule has 15 heavy (non-hydrogen) atoms. The van der Waals surface area contributed by atoms with Gasteiger partial charge in [0.2, 0.25) is 0 Å². The van der Waals surface area contributed by atoms with Crippen molar-refractivity contribution in [2.75, 3.05) is 18.1 Å². The Labute approximate surface area is 95.1 Å². The van der Waals surface area contributed by atoms with Crippen LogP contribution in [0.3, 0.4) is 0 Å². The van der Waals surface area contributed by atoms with E-state index in [-0.39, 0.29) is 5.60 Å². The number of Topliss-reactive ketones (excluding diaryl/α,β-unsaturated/α-hetero) is 1. The lowest BCUT2D eigenvalue weighted by Gasteiger charge is -2.37. The van der Waals surface area contributed by atoms with Gasteiger partial charge < -0.3 is 4.74 Å². The Morgan fingerprint density at radius 1 is 1.27 bits per heavy atom. The van der Waals surface area contributed by atoms with E-state index in [1.54, 1.807) is 0 Å². The van der Waals surface area contributed by atoms with Crippen molar-refractivity contribution in [1.82, 2.24) is 0 Å². The quantitative estimate of drug-likeness (QED) is 0.722. The molecule has 0 aromatic rings. The Morgan fingerprint density at radius 2 is 2.13 bits per heavy atom. The van der Waals surface area contributed by atoms with Crippen LogP contribution in [0, 0.1) is 11.8 Å². The monoisotopic (exact) mass is 226 g/mol. The summed E-state index contributed by atoms with van der Waals surface area (Å²) in [7, 11) is 0. The number of hydrogen-bond acceptors (Lipinski definition) is 3. The van der Waals surface area contributed by atoms with Crippen LogP contribution in [-0.2, 0) is 9.53 Å². The molecular weight excluding hydrogens is 208 g/mol. The van der Waals surface area contributed by atoms with Crippen LogP contribution in [0.4, 0.5) is 0 Å². The zero-order valence-corrected chi connectivity index (χ0v) is 9.85. The Hall–Kier alpha value is -0.0200. The molecule has 2 heterocycles. The molecule has 1 spiro atoms. The maximum Gasteiger partial charge on any atom is 0.139 e. The lowest BCUT2D eigenvalue weighted by molar-refractivity contribution is -0.135. The first-order valence-electron chi connectivity index (χ1n) is 6.05. The van der Waals surface area contributed by atoms with Gasteiger partial charge in [0, 0.05) is 24.2 Å². The third-order valence-corrected chi connectivity index (χ3v) is 5.17. The highest BCUT2D eigenvalue weighted by Gasteiger charge is 2.45. The zero-order chi connectivity index (χ0) is 10.3. The van der Waals surface area contributed by atoms with E-state index >= 15 is 0 Å². The fourth-order valence-electron chi connectivity index (χ4n) is 2.84. The highest BCUT2D eigenvalue weighted by atomic mass is 32.2. The summed E-state index contributed by atoms with van der Waals surface area (Å²) in [5.74, 6) is 3.63. The standard InChI is InChI=1S/C12H18O2S/c13-11(9-1-2-9)10-3-5-14-12(7-10)4-6-15-8-12/h9-10H,1-8H2. The summed E-state index contributed by atoms with van der Waals surface area (Å²) in [6.45, 7) is 0.809. The molecule has 2 nitrogen and oxygen atoms in total. The molecule has 3 fully saturated rings. The van der Waals surface area contributed by atoms with Crippen LogP contribution in [0.25, 0.3) is 0 Å². The number of ether oxygens (including phenoxy) is 1. The topological polar surface area (TPSA) is 26.3 Å². The molecule has 3 aliphatic rings. The maximum absolute atomic E-state index is 12.0. The molecule has 3 heteroatoms. The minimum absolute atomic E-state index is 0.0815. The van der Waals surface area contributed by atoms with Crippen LogP contribution in [0.5, 0.6) is 0 Å². The Kier molecular flexibility index (Phi) is 2.56. The summed E-state index contributed by atoms with van der Waals surface area (Å²) in [5, 5.41) is 0. The summed E-state index contributed by atoms with van der Waals surface area (Å²) in [6.07, 6.45) is 5.44. The first-order chi connectivity index (χ1) is 7.29. The van der Waals surface area contributed by atoms with Crippen LogP contribution in [0.1, 0.15) is 32.1 Å². The number of carbonyl (C=O) groups is 1. The van der Waals surface area contributed by atoms with E-state index in [0.29, 0.717) is 17.6 Å². The fourth-order valence-corrected chi connectivity index (χ4v) is 4.21. The van der Waals surface area contributed by atoms with Crippen molar-refractivity contribution in [1.29, 1.82) is 0 Å². The van der Waals surface area contributed by atoms with Gasteiger partial charge in [-0.1, -0.05) is 0 Å². The van der Waals surface area contributed by atoms with Gasteiger partial charge in [0.15, 0.2) is 0 Å². The van der Waals surface area contributed by atoms with Crippen molar-refractivity contribution in [3.63, 3.8) is 0 Å². The molecule has 0 radical (unpaired) electrons. The third kappa shape index (κ3) is 1.96. The fraction of sp³-hybridized carbons (Fsp3) is 0.917. The molecule has 0 bridgehead atoms. The number of ketones is 1. The minimum atomic E-state index is 0.0815. The van der Waals surface area contributed by atoms with E-state index in [4.69, 9.17) is 4.74 Å². The third-order valence-electron chi connectivity index (χ3n) is 3.94. The van der Waals surface area contributed by atoms with Crippen molar-refractivity contribution in [2.45, 2.75) is 37.7 Å². The van der Waals surface area contributed by atoms with Crippen LogP contribution >= 0.6 is 11.8 Å². The van der Waals surface area contributed by atoms with Crippen LogP contribution < -0.4 is 0 Å². The summed E-state index contributed by atoms with van der Waals surface area (Å²) in [4.78, 5) is 12.0. The van der Waals surface area contributed by atoms with Crippen molar-refractivity contribution in [3.05, 3.63) is 0 Å². The summed E-state index contributed by atoms with van der Waals surface area (Å²) in [6, 6.07) is 0. The van der Waals surface area contributed by atoms with Gasteiger partial charge in [0.25, 0.3) is 0 Å². The molecule has 0 aromatic heterocycles. The van der Waals surface area contributed by atoms with E-state index in [0.717, 1.165) is 44.5 Å². The predicted octanol–water partition coefficient (Wildman–Crippen LogP) is 2.27. The Morgan fingerprint density at radius 3 is 2.80 bits per heavy atom. The molecule has 2 saturated heterocycles. The lowest BCUT2D eigenvalue weighted by Crippen LogP contribution is -2.42. The van der Waals surface area contributed by atoms with Crippen molar-refractivity contribution < 1.29 is 9.53 Å². The van der Waals surface area contributed by atoms with Gasteiger partial charge in [0.05, 0.1) is 5.60 Å². The second kappa shape index (κ2) is 3.77. The minimum Gasteiger partial charge on any atom is -0.374 e. The molecule has 0 N–H and O–H groups in total. The first kappa shape index (κ1) is 10.2. The maximum atomic E-state index is 12.0. The smallest absolute Gasteiger partial charge is 0.139 e. The van der Waals surface area contributed by atoms with Gasteiger partial charge in [0.1, 0.15) is 5.78 Å². The van der Waals surface area contributed by atoms with Crippen molar-refractivity contribution in [2.24, 2.45) is 11.8 Å². The normalized spacial score (nSPS) is 40.9. The average Bonchev–Trinajstić information content (AvgIpc) is 3.02. The molecule has 0 amide bonds. The van der Waals surface area contributed by atoms with E-state index in [1.807, 2.05) is 11.8 Å². The Balaban J connectivity index is 1.67. The molecule has 1 saturated carbocycles. The van der Waals surface area contributed by atoms with Crippen LogP contribution in [-0.4, -0.2) is 29.5 Å². The molecule has 0 aromatic carbocycles. The first-order valence-corrected chi connectivity index (χ1v) is 7.20. The summed E-state index contributed by atoms with van der Waals surface area (Å²) < 4.78 is 5.93. The average molecular weight is 226 g/mol. The van der Waals surface area contributed by atoms with Gasteiger partial charge >= 0.3 is 0 Å². The van der Waals surface area contributed by atoms with Gasteiger partial charge in [-0.05, 0) is 37.9 Å². The number of carbonyl (C=O) groups excluding carboxylic acids is 1. The second-order valence-electron chi connectivity index (χ2n) is 5.20. The number of rotatable bonds is 2. The largest absolute Gasteiger partial charge is 0.374 e. The predicted molar refractivity (Wildman–Crippen MR) is 61.1 cm³/mol. The van der Waals surface area contributed by atoms with Crippen LogP contribution in [0.2, 0.25) is 0 Å². The molecule has 2 atom stereocenters. The van der Waals surface area contributed by atoms with Gasteiger partial charge in [-0.15, -0.1) is 0 Å². The van der Waals surface area contributed by atoms with Crippen LogP contribution in [0.15, 0.2) is 0 Å². The van der Waals surface area contributed by atoms with Gasteiger partial charge in [-0.3, -0.25) is 4.79 Å². The summed E-state index contributed by atoms with van der Waals surface area (Å²) in [5.41, 5.74) is 0.0815. The molecule has 84 valence electrons. The lowest BCUT2D eigenvalue weighted by atomic mass is 9.82. The summed E-state index contributed by atoms with van der Waals surface area (Å²) >= 11 is 1.98.